The van der Waals surface area contributed by atoms with Crippen molar-refractivity contribution in [2.24, 2.45) is 0 Å². The molecule has 0 spiro atoms. The van der Waals surface area contributed by atoms with Gasteiger partial charge in [-0.05, 0) is 30.5 Å². The van der Waals surface area contributed by atoms with Crippen LogP contribution in [0.25, 0.3) is 0 Å². The molecule has 1 aromatic heterocycles. The first-order valence-corrected chi connectivity index (χ1v) is 6.84. The maximum absolute atomic E-state index is 12.6. The molecule has 1 aliphatic rings. The Kier molecular flexibility index (Phi) is 3.37. The molecule has 3 rings (SSSR count). The molecular weight excluding hydrogens is 250 g/mol. The summed E-state index contributed by atoms with van der Waals surface area (Å²) < 4.78 is 0. The molecule has 4 nitrogen and oxygen atoms in total. The summed E-state index contributed by atoms with van der Waals surface area (Å²) >= 11 is 0. The third-order valence-corrected chi connectivity index (χ3v) is 3.74. The number of hydrogen-bond acceptors (Lipinski definition) is 3. The summed E-state index contributed by atoms with van der Waals surface area (Å²) in [5.41, 5.74) is 7.83. The van der Waals surface area contributed by atoms with Gasteiger partial charge in [0.2, 0.25) is 0 Å². The number of amides is 1. The van der Waals surface area contributed by atoms with Crippen LogP contribution in [0.1, 0.15) is 34.9 Å². The summed E-state index contributed by atoms with van der Waals surface area (Å²) in [6, 6.07) is 13.7. The lowest BCUT2D eigenvalue weighted by Gasteiger charge is -2.25. The fourth-order valence-corrected chi connectivity index (χ4v) is 2.76. The Morgan fingerprint density at radius 2 is 2.00 bits per heavy atom. The second kappa shape index (κ2) is 5.33. The van der Waals surface area contributed by atoms with Gasteiger partial charge in [0.25, 0.3) is 5.91 Å². The number of anilines is 1. The molecule has 2 N–H and O–H groups in total. The van der Waals surface area contributed by atoms with Crippen molar-refractivity contribution in [3.63, 3.8) is 0 Å². The Labute approximate surface area is 118 Å². The number of benzene rings is 1. The van der Waals surface area contributed by atoms with Gasteiger partial charge in [0.15, 0.2) is 5.69 Å². The number of pyridine rings is 1. The Morgan fingerprint density at radius 1 is 1.20 bits per heavy atom. The van der Waals surface area contributed by atoms with Crippen molar-refractivity contribution in [2.45, 2.75) is 18.9 Å². The molecule has 0 radical (unpaired) electrons. The number of aromatic nitrogens is 1. The average Bonchev–Trinajstić information content (AvgIpc) is 2.97. The van der Waals surface area contributed by atoms with Crippen LogP contribution in [0.4, 0.5) is 5.69 Å². The van der Waals surface area contributed by atoms with Crippen LogP contribution >= 0.6 is 0 Å². The van der Waals surface area contributed by atoms with Gasteiger partial charge in [0, 0.05) is 12.7 Å². The quantitative estimate of drug-likeness (QED) is 0.910. The summed E-state index contributed by atoms with van der Waals surface area (Å²) in [7, 11) is 0. The van der Waals surface area contributed by atoms with Gasteiger partial charge in [0.05, 0.1) is 11.7 Å². The highest BCUT2D eigenvalue weighted by atomic mass is 16.2. The Hall–Kier alpha value is -2.36. The fourth-order valence-electron chi connectivity index (χ4n) is 2.76. The number of nitrogens with zero attached hydrogens (tertiary/aromatic N) is 2. The zero-order chi connectivity index (χ0) is 13.9. The summed E-state index contributed by atoms with van der Waals surface area (Å²) in [5, 5.41) is 0. The zero-order valence-corrected chi connectivity index (χ0v) is 11.2. The minimum absolute atomic E-state index is 0.0746. The Bertz CT molecular complexity index is 612. The van der Waals surface area contributed by atoms with E-state index < -0.39 is 0 Å². The average molecular weight is 267 g/mol. The molecule has 102 valence electrons. The van der Waals surface area contributed by atoms with Crippen molar-refractivity contribution in [1.82, 2.24) is 9.88 Å². The molecule has 1 unspecified atom stereocenters. The van der Waals surface area contributed by atoms with Crippen molar-refractivity contribution in [3.8, 4) is 0 Å². The van der Waals surface area contributed by atoms with E-state index in [1.807, 2.05) is 23.1 Å². The van der Waals surface area contributed by atoms with Crippen LogP contribution < -0.4 is 5.73 Å². The molecular formula is C16H17N3O. The molecule has 1 amide bonds. The molecule has 1 saturated heterocycles. The summed E-state index contributed by atoms with van der Waals surface area (Å²) in [5.74, 6) is -0.0746. The number of likely N-dealkylation sites (tertiary alicyclic amines) is 1. The standard InChI is InChI=1S/C16H17N3O/c17-13-8-4-10-18-15(13)16(20)19-11-5-9-14(19)12-6-2-1-3-7-12/h1-4,6-8,10,14H,5,9,11,17H2. The Morgan fingerprint density at radius 3 is 2.75 bits per heavy atom. The van der Waals surface area contributed by atoms with E-state index in [4.69, 9.17) is 5.73 Å². The Balaban J connectivity index is 1.90. The fraction of sp³-hybridized carbons (Fsp3) is 0.250. The molecule has 0 aliphatic carbocycles. The van der Waals surface area contributed by atoms with E-state index in [1.165, 1.54) is 5.56 Å². The molecule has 1 fully saturated rings. The van der Waals surface area contributed by atoms with Crippen LogP contribution in [0, 0.1) is 0 Å². The summed E-state index contributed by atoms with van der Waals surface area (Å²) in [4.78, 5) is 18.7. The van der Waals surface area contributed by atoms with Crippen LogP contribution in [0.3, 0.4) is 0 Å². The van der Waals surface area contributed by atoms with E-state index in [-0.39, 0.29) is 11.9 Å². The number of nitrogens with two attached hydrogens (primary N) is 1. The van der Waals surface area contributed by atoms with Crippen LogP contribution in [-0.4, -0.2) is 22.3 Å². The molecule has 2 aromatic rings. The number of carbonyl (C=O) groups excluding carboxylic acids is 1. The highest BCUT2D eigenvalue weighted by molar-refractivity contribution is 5.97. The lowest BCUT2D eigenvalue weighted by molar-refractivity contribution is 0.0731. The van der Waals surface area contributed by atoms with Crippen LogP contribution in [0.15, 0.2) is 48.7 Å². The van der Waals surface area contributed by atoms with E-state index in [0.29, 0.717) is 11.4 Å². The van der Waals surface area contributed by atoms with Gasteiger partial charge in [0.1, 0.15) is 0 Å². The van der Waals surface area contributed by atoms with Crippen molar-refractivity contribution in [2.75, 3.05) is 12.3 Å². The SMILES string of the molecule is Nc1cccnc1C(=O)N1CCCC1c1ccccc1. The first-order chi connectivity index (χ1) is 9.77. The van der Waals surface area contributed by atoms with E-state index in [2.05, 4.69) is 17.1 Å². The number of nitrogen functional groups attached to an aromatic ring is 1. The number of hydrogen-bond donors (Lipinski definition) is 1. The van der Waals surface area contributed by atoms with E-state index >= 15 is 0 Å². The van der Waals surface area contributed by atoms with Gasteiger partial charge in [-0.25, -0.2) is 4.98 Å². The molecule has 4 heteroatoms. The second-order valence-corrected chi connectivity index (χ2v) is 5.01. The zero-order valence-electron chi connectivity index (χ0n) is 11.2. The van der Waals surface area contributed by atoms with Gasteiger partial charge in [-0.15, -0.1) is 0 Å². The minimum atomic E-state index is -0.0746. The third kappa shape index (κ3) is 2.25. The highest BCUT2D eigenvalue weighted by Crippen LogP contribution is 2.33. The monoisotopic (exact) mass is 267 g/mol. The highest BCUT2D eigenvalue weighted by Gasteiger charge is 2.31. The molecule has 1 atom stereocenters. The predicted octanol–water partition coefficient (Wildman–Crippen LogP) is 2.64. The molecule has 1 aromatic carbocycles. The molecule has 0 bridgehead atoms. The molecule has 2 heterocycles. The lowest BCUT2D eigenvalue weighted by atomic mass is 10.0. The van der Waals surface area contributed by atoms with E-state index in [0.717, 1.165) is 19.4 Å². The third-order valence-electron chi connectivity index (χ3n) is 3.74. The first kappa shape index (κ1) is 12.7. The minimum Gasteiger partial charge on any atom is -0.397 e. The van der Waals surface area contributed by atoms with Crippen molar-refractivity contribution >= 4 is 11.6 Å². The van der Waals surface area contributed by atoms with Gasteiger partial charge in [-0.3, -0.25) is 4.79 Å². The molecule has 0 saturated carbocycles. The smallest absolute Gasteiger partial charge is 0.275 e. The van der Waals surface area contributed by atoms with Crippen LogP contribution in [-0.2, 0) is 0 Å². The summed E-state index contributed by atoms with van der Waals surface area (Å²) in [6.45, 7) is 0.758. The van der Waals surface area contributed by atoms with Crippen molar-refractivity contribution in [3.05, 3.63) is 59.9 Å². The van der Waals surface area contributed by atoms with Gasteiger partial charge in [-0.1, -0.05) is 30.3 Å². The van der Waals surface area contributed by atoms with E-state index in [9.17, 15) is 4.79 Å². The maximum atomic E-state index is 12.6. The van der Waals surface area contributed by atoms with Gasteiger partial charge in [-0.2, -0.15) is 0 Å². The summed E-state index contributed by atoms with van der Waals surface area (Å²) in [6.07, 6.45) is 3.61. The number of carbonyl (C=O) groups is 1. The lowest BCUT2D eigenvalue weighted by Crippen LogP contribution is -2.31. The molecule has 1 aliphatic heterocycles. The van der Waals surface area contributed by atoms with Gasteiger partial charge < -0.3 is 10.6 Å². The second-order valence-electron chi connectivity index (χ2n) is 5.01. The van der Waals surface area contributed by atoms with Crippen LogP contribution in [0.5, 0.6) is 0 Å². The van der Waals surface area contributed by atoms with Crippen molar-refractivity contribution in [1.29, 1.82) is 0 Å². The number of rotatable bonds is 2. The van der Waals surface area contributed by atoms with E-state index in [1.54, 1.807) is 18.3 Å². The van der Waals surface area contributed by atoms with Gasteiger partial charge >= 0.3 is 0 Å². The predicted molar refractivity (Wildman–Crippen MR) is 78.1 cm³/mol. The maximum Gasteiger partial charge on any atom is 0.275 e. The largest absolute Gasteiger partial charge is 0.397 e. The molecule has 20 heavy (non-hydrogen) atoms. The topological polar surface area (TPSA) is 59.2 Å². The first-order valence-electron chi connectivity index (χ1n) is 6.84. The van der Waals surface area contributed by atoms with Crippen molar-refractivity contribution < 1.29 is 4.79 Å². The van der Waals surface area contributed by atoms with Crippen LogP contribution in [0.2, 0.25) is 0 Å². The normalized spacial score (nSPS) is 18.2.